The summed E-state index contributed by atoms with van der Waals surface area (Å²) >= 11 is 0. The molecule has 34 valence electrons. The molecule has 0 radical (unpaired) electrons. The van der Waals surface area contributed by atoms with E-state index in [1.54, 1.807) is 0 Å². The highest BCUT2D eigenvalue weighted by Crippen LogP contribution is 1.64. The summed E-state index contributed by atoms with van der Waals surface area (Å²) in [6.45, 7) is 3.04. The van der Waals surface area contributed by atoms with Crippen molar-refractivity contribution >= 4 is 9.17 Å². The van der Waals surface area contributed by atoms with E-state index in [0.717, 1.165) is 6.26 Å². The molecule has 0 spiro atoms. The molecule has 0 aromatic heterocycles. The number of hydrogen-bond donors (Lipinski definition) is 1. The SMILES string of the molecule is C=CO[Si](=O)O. The monoisotopic (exact) mass is 104 g/mol. The molecule has 0 unspecified atom stereocenters. The van der Waals surface area contributed by atoms with E-state index in [1.807, 2.05) is 0 Å². The minimum atomic E-state index is -2.75. The zero-order chi connectivity index (χ0) is 4.99. The first-order chi connectivity index (χ1) is 2.77. The van der Waals surface area contributed by atoms with Crippen LogP contribution in [0, 0.1) is 0 Å². The summed E-state index contributed by atoms with van der Waals surface area (Å²) in [5, 5.41) is 0. The first kappa shape index (κ1) is 5.36. The van der Waals surface area contributed by atoms with Crippen LogP contribution in [0.5, 0.6) is 0 Å². The van der Waals surface area contributed by atoms with Crippen molar-refractivity contribution in [3.63, 3.8) is 0 Å². The van der Waals surface area contributed by atoms with Crippen molar-refractivity contribution in [2.24, 2.45) is 0 Å². The van der Waals surface area contributed by atoms with Crippen LogP contribution in [0.4, 0.5) is 0 Å². The lowest BCUT2D eigenvalue weighted by molar-refractivity contribution is 0.307. The van der Waals surface area contributed by atoms with Crippen molar-refractivity contribution in [3.05, 3.63) is 12.8 Å². The molecule has 0 amide bonds. The molecular weight excluding hydrogens is 100 g/mol. The molecule has 0 rings (SSSR count). The first-order valence-electron chi connectivity index (χ1n) is 1.28. The lowest BCUT2D eigenvalue weighted by Crippen LogP contribution is -1.97. The van der Waals surface area contributed by atoms with Crippen LogP contribution in [0.3, 0.4) is 0 Å². The zero-order valence-corrected chi connectivity index (χ0v) is 4.05. The van der Waals surface area contributed by atoms with Gasteiger partial charge in [0.2, 0.25) is 0 Å². The maximum atomic E-state index is 9.49. The Kier molecular flexibility index (Phi) is 2.31. The Morgan fingerprint density at radius 3 is 2.50 bits per heavy atom. The van der Waals surface area contributed by atoms with Crippen LogP contribution in [0.25, 0.3) is 0 Å². The average Bonchev–Trinajstić information content (AvgIpc) is 1.35. The van der Waals surface area contributed by atoms with Gasteiger partial charge in [0.15, 0.2) is 0 Å². The highest BCUT2D eigenvalue weighted by Gasteiger charge is 1.95. The van der Waals surface area contributed by atoms with E-state index < -0.39 is 9.17 Å². The van der Waals surface area contributed by atoms with E-state index in [9.17, 15) is 4.46 Å². The Balaban J connectivity index is 3.05. The second-order valence-corrected chi connectivity index (χ2v) is 1.32. The van der Waals surface area contributed by atoms with Crippen LogP contribution in [0.2, 0.25) is 0 Å². The largest absolute Gasteiger partial charge is 0.769 e. The summed E-state index contributed by atoms with van der Waals surface area (Å²) in [6, 6.07) is 0. The molecule has 6 heavy (non-hydrogen) atoms. The van der Waals surface area contributed by atoms with Crippen LogP contribution in [0.15, 0.2) is 12.8 Å². The summed E-state index contributed by atoms with van der Waals surface area (Å²) in [7, 11) is -2.75. The summed E-state index contributed by atoms with van der Waals surface area (Å²) in [5.74, 6) is 0. The fourth-order valence-electron chi connectivity index (χ4n) is 0.0713. The molecule has 0 aliphatic rings. The molecule has 0 aliphatic heterocycles. The van der Waals surface area contributed by atoms with Crippen molar-refractivity contribution < 1.29 is 13.7 Å². The van der Waals surface area contributed by atoms with E-state index >= 15 is 0 Å². The Hall–Kier alpha value is -0.643. The highest BCUT2D eigenvalue weighted by atomic mass is 28.3. The van der Waals surface area contributed by atoms with Gasteiger partial charge in [0.1, 0.15) is 0 Å². The minimum Gasteiger partial charge on any atom is -0.511 e. The first-order valence-corrected chi connectivity index (χ1v) is 2.54. The van der Waals surface area contributed by atoms with Crippen molar-refractivity contribution in [2.45, 2.75) is 0 Å². The summed E-state index contributed by atoms with van der Waals surface area (Å²) in [5.41, 5.74) is 0. The van der Waals surface area contributed by atoms with Gasteiger partial charge in [-0.05, 0) is 0 Å². The fourth-order valence-corrected chi connectivity index (χ4v) is 0.214. The van der Waals surface area contributed by atoms with Crippen LogP contribution in [0.1, 0.15) is 0 Å². The van der Waals surface area contributed by atoms with Crippen LogP contribution < -0.4 is 0 Å². The van der Waals surface area contributed by atoms with Gasteiger partial charge in [-0.3, -0.25) is 4.46 Å². The van der Waals surface area contributed by atoms with Crippen LogP contribution in [-0.4, -0.2) is 14.0 Å². The molecule has 0 aliphatic carbocycles. The third kappa shape index (κ3) is 3.36. The fraction of sp³-hybridized carbons (Fsp3) is 0. The molecular formula is C2H4O3Si. The molecule has 0 aromatic carbocycles. The summed E-state index contributed by atoms with van der Waals surface area (Å²) in [4.78, 5) is 7.81. The average molecular weight is 104 g/mol. The zero-order valence-electron chi connectivity index (χ0n) is 3.05. The van der Waals surface area contributed by atoms with Crippen molar-refractivity contribution in [2.75, 3.05) is 0 Å². The van der Waals surface area contributed by atoms with E-state index in [4.69, 9.17) is 4.80 Å². The van der Waals surface area contributed by atoms with Gasteiger partial charge in [0, 0.05) is 0 Å². The van der Waals surface area contributed by atoms with Gasteiger partial charge in [0.05, 0.1) is 6.26 Å². The summed E-state index contributed by atoms with van der Waals surface area (Å²) in [6.07, 6.45) is 0.932. The third-order valence-electron chi connectivity index (χ3n) is 0.184. The highest BCUT2D eigenvalue weighted by molar-refractivity contribution is 6.24. The van der Waals surface area contributed by atoms with Gasteiger partial charge in [0.25, 0.3) is 0 Å². The molecule has 4 heteroatoms. The molecule has 0 bridgehead atoms. The summed E-state index contributed by atoms with van der Waals surface area (Å²) < 4.78 is 13.4. The molecule has 0 saturated carbocycles. The molecule has 0 heterocycles. The van der Waals surface area contributed by atoms with Gasteiger partial charge in [-0.2, -0.15) is 0 Å². The molecule has 0 saturated heterocycles. The minimum absolute atomic E-state index is 0.932. The third-order valence-corrected chi connectivity index (χ3v) is 0.552. The topological polar surface area (TPSA) is 46.5 Å². The molecule has 0 fully saturated rings. The maximum Gasteiger partial charge on any atom is 0.769 e. The van der Waals surface area contributed by atoms with E-state index in [-0.39, 0.29) is 0 Å². The molecule has 1 N–H and O–H groups in total. The van der Waals surface area contributed by atoms with E-state index in [2.05, 4.69) is 11.0 Å². The van der Waals surface area contributed by atoms with Crippen LogP contribution >= 0.6 is 0 Å². The lowest BCUT2D eigenvalue weighted by Gasteiger charge is -1.79. The molecule has 0 aromatic rings. The normalized spacial score (nSPS) is 6.67. The van der Waals surface area contributed by atoms with Crippen molar-refractivity contribution in [3.8, 4) is 0 Å². The Bertz CT molecular complexity index is 69.2. The van der Waals surface area contributed by atoms with E-state index in [0.29, 0.717) is 0 Å². The van der Waals surface area contributed by atoms with Crippen molar-refractivity contribution in [1.82, 2.24) is 0 Å². The van der Waals surface area contributed by atoms with Gasteiger partial charge < -0.3 is 9.22 Å². The predicted molar refractivity (Wildman–Crippen MR) is 19.9 cm³/mol. The number of hydrogen-bond acceptors (Lipinski definition) is 2. The Morgan fingerprint density at radius 2 is 2.50 bits per heavy atom. The Labute approximate surface area is 36.8 Å². The van der Waals surface area contributed by atoms with E-state index in [1.165, 1.54) is 0 Å². The quantitative estimate of drug-likeness (QED) is 0.381. The molecule has 3 nitrogen and oxygen atoms in total. The smallest absolute Gasteiger partial charge is 0.511 e. The standard InChI is InChI=1S/C2H4O3Si/c1-2-5-6(3)4/h2-3H,1H2. The molecule has 0 atom stereocenters. The maximum absolute atomic E-state index is 9.49. The van der Waals surface area contributed by atoms with Crippen molar-refractivity contribution in [1.29, 1.82) is 0 Å². The lowest BCUT2D eigenvalue weighted by atomic mass is 11.2. The van der Waals surface area contributed by atoms with Crippen LogP contribution in [-0.2, 0) is 8.89 Å². The van der Waals surface area contributed by atoms with Gasteiger partial charge in [-0.1, -0.05) is 6.58 Å². The van der Waals surface area contributed by atoms with Gasteiger partial charge in [-0.25, -0.2) is 0 Å². The predicted octanol–water partition coefficient (Wildman–Crippen LogP) is -0.446. The Morgan fingerprint density at radius 1 is 2.00 bits per heavy atom. The van der Waals surface area contributed by atoms with Gasteiger partial charge in [-0.15, -0.1) is 0 Å². The second kappa shape index (κ2) is 2.59. The second-order valence-electron chi connectivity index (χ2n) is 0.550. The number of rotatable bonds is 2. The van der Waals surface area contributed by atoms with Gasteiger partial charge >= 0.3 is 9.17 Å².